The van der Waals surface area contributed by atoms with Crippen molar-refractivity contribution in [3.8, 4) is 0 Å². The average Bonchev–Trinajstić information content (AvgIpc) is 2.05. The van der Waals surface area contributed by atoms with Crippen molar-refractivity contribution in [1.29, 1.82) is 0 Å². The van der Waals surface area contributed by atoms with E-state index < -0.39 is 24.0 Å². The molecule has 0 rings (SSSR count). The van der Waals surface area contributed by atoms with Crippen molar-refractivity contribution in [3.63, 3.8) is 0 Å². The molecule has 0 aliphatic heterocycles. The first-order chi connectivity index (χ1) is 6.11. The van der Waals surface area contributed by atoms with Crippen LogP contribution in [0.2, 0.25) is 0 Å². The van der Waals surface area contributed by atoms with Gasteiger partial charge in [-0.3, -0.25) is 14.4 Å². The molecule has 0 spiro atoms. The maximum atomic E-state index is 11.0. The van der Waals surface area contributed by atoms with Crippen LogP contribution in [0.4, 0.5) is 0 Å². The van der Waals surface area contributed by atoms with Gasteiger partial charge in [0.1, 0.15) is 6.42 Å². The molecule has 0 aromatic rings. The minimum atomic E-state index is -0.652. The lowest BCUT2D eigenvalue weighted by Gasteiger charge is -1.99. The number of carbonyl (C=O) groups is 3. The van der Waals surface area contributed by atoms with Gasteiger partial charge in [-0.25, -0.2) is 0 Å². The number of rotatable bonds is 6. The fraction of sp³-hybridized carbons (Fsp3) is 0.667. The summed E-state index contributed by atoms with van der Waals surface area (Å²) in [6.45, 7) is 3.68. The second-order valence-electron chi connectivity index (χ2n) is 2.58. The predicted molar refractivity (Wildman–Crippen MR) is 46.2 cm³/mol. The predicted octanol–water partition coefficient (Wildman–Crippen LogP) is 0.878. The molecule has 0 fully saturated rings. The number of carbonyl (C=O) groups excluding carboxylic acids is 3. The lowest BCUT2D eigenvalue weighted by molar-refractivity contribution is -0.148. The van der Waals surface area contributed by atoms with Crippen LogP contribution < -0.4 is 0 Å². The minimum absolute atomic E-state index is 0.207. The van der Waals surface area contributed by atoms with E-state index in [1.54, 1.807) is 13.8 Å². The van der Waals surface area contributed by atoms with Crippen LogP contribution in [0.5, 0.6) is 0 Å². The molecule has 0 saturated heterocycles. The molecule has 0 bridgehead atoms. The molecule has 4 nitrogen and oxygen atoms in total. The van der Waals surface area contributed by atoms with Gasteiger partial charge in [0.2, 0.25) is 5.78 Å². The molecule has 13 heavy (non-hydrogen) atoms. The molecule has 0 aromatic carbocycles. The maximum absolute atomic E-state index is 11.0. The molecule has 0 atom stereocenters. The molecule has 0 N–H and O–H groups in total. The highest BCUT2D eigenvalue weighted by molar-refractivity contribution is 6.39. The number of esters is 1. The molecule has 0 radical (unpaired) electrons. The van der Waals surface area contributed by atoms with Crippen LogP contribution in [0.3, 0.4) is 0 Å². The second-order valence-corrected chi connectivity index (χ2v) is 2.58. The van der Waals surface area contributed by atoms with Gasteiger partial charge in [-0.05, 0) is 13.3 Å². The minimum Gasteiger partial charge on any atom is -0.466 e. The van der Waals surface area contributed by atoms with Crippen LogP contribution in [0, 0.1) is 0 Å². The number of hydrogen-bond donors (Lipinski definition) is 0. The Bertz CT molecular complexity index is 208. The highest BCUT2D eigenvalue weighted by atomic mass is 16.5. The van der Waals surface area contributed by atoms with E-state index in [4.69, 9.17) is 0 Å². The average molecular weight is 186 g/mol. The lowest BCUT2D eigenvalue weighted by atomic mass is 10.1. The molecule has 4 heteroatoms. The summed E-state index contributed by atoms with van der Waals surface area (Å²) in [6, 6.07) is 0. The largest absolute Gasteiger partial charge is 0.466 e. The quantitative estimate of drug-likeness (QED) is 0.351. The van der Waals surface area contributed by atoms with E-state index in [-0.39, 0.29) is 13.0 Å². The van der Waals surface area contributed by atoms with E-state index in [0.717, 1.165) is 0 Å². The fourth-order valence-corrected chi connectivity index (χ4v) is 0.808. The standard InChI is InChI=1S/C9H14O4/c1-3-5-7(10)8(11)6-9(12)13-4-2/h3-6H2,1-2H3. The van der Waals surface area contributed by atoms with Crippen molar-refractivity contribution in [1.82, 2.24) is 0 Å². The Morgan fingerprint density at radius 3 is 2.15 bits per heavy atom. The first-order valence-electron chi connectivity index (χ1n) is 4.33. The highest BCUT2D eigenvalue weighted by Crippen LogP contribution is 1.96. The topological polar surface area (TPSA) is 60.4 Å². The van der Waals surface area contributed by atoms with Crippen LogP contribution in [0.25, 0.3) is 0 Å². The van der Waals surface area contributed by atoms with Crippen LogP contribution in [0.15, 0.2) is 0 Å². The number of hydrogen-bond acceptors (Lipinski definition) is 4. The molecular formula is C9H14O4. The van der Waals surface area contributed by atoms with Crippen molar-refractivity contribution in [2.24, 2.45) is 0 Å². The molecule has 0 aliphatic carbocycles. The summed E-state index contributed by atoms with van der Waals surface area (Å²) in [5.41, 5.74) is 0. The zero-order valence-electron chi connectivity index (χ0n) is 7.96. The van der Waals surface area contributed by atoms with E-state index in [0.29, 0.717) is 6.42 Å². The Kier molecular flexibility index (Phi) is 5.76. The Morgan fingerprint density at radius 1 is 1.08 bits per heavy atom. The normalized spacial score (nSPS) is 9.38. The summed E-state index contributed by atoms with van der Waals surface area (Å²) < 4.78 is 4.53. The van der Waals surface area contributed by atoms with Gasteiger partial charge >= 0.3 is 5.97 Å². The summed E-state index contributed by atoms with van der Waals surface area (Å²) in [4.78, 5) is 32.7. The molecule has 0 heterocycles. The zero-order chi connectivity index (χ0) is 10.3. The van der Waals surface area contributed by atoms with Crippen molar-refractivity contribution in [2.45, 2.75) is 33.1 Å². The van der Waals surface area contributed by atoms with Gasteiger partial charge in [-0.1, -0.05) is 6.92 Å². The molecule has 0 aromatic heterocycles. The van der Waals surface area contributed by atoms with E-state index in [2.05, 4.69) is 4.74 Å². The van der Waals surface area contributed by atoms with Crippen molar-refractivity contribution >= 4 is 17.5 Å². The third-order valence-corrected chi connectivity index (χ3v) is 1.40. The summed E-state index contributed by atoms with van der Waals surface area (Å²) >= 11 is 0. The smallest absolute Gasteiger partial charge is 0.313 e. The van der Waals surface area contributed by atoms with Gasteiger partial charge in [0, 0.05) is 6.42 Å². The number of ether oxygens (including phenoxy) is 1. The first-order valence-corrected chi connectivity index (χ1v) is 4.33. The molecule has 0 aliphatic rings. The van der Waals surface area contributed by atoms with E-state index >= 15 is 0 Å². The highest BCUT2D eigenvalue weighted by Gasteiger charge is 2.17. The van der Waals surface area contributed by atoms with Gasteiger partial charge in [0.05, 0.1) is 6.61 Å². The van der Waals surface area contributed by atoms with Crippen molar-refractivity contribution in [3.05, 3.63) is 0 Å². The zero-order valence-corrected chi connectivity index (χ0v) is 7.96. The Labute approximate surface area is 77.3 Å². The van der Waals surface area contributed by atoms with Crippen molar-refractivity contribution in [2.75, 3.05) is 6.61 Å². The van der Waals surface area contributed by atoms with Gasteiger partial charge in [-0.2, -0.15) is 0 Å². The molecule has 0 amide bonds. The van der Waals surface area contributed by atoms with Crippen LogP contribution in [0.1, 0.15) is 33.1 Å². The van der Waals surface area contributed by atoms with Gasteiger partial charge in [0.15, 0.2) is 5.78 Å². The van der Waals surface area contributed by atoms with Crippen LogP contribution in [-0.2, 0) is 19.1 Å². The summed E-state index contributed by atoms with van der Waals surface area (Å²) in [5, 5.41) is 0. The first kappa shape index (κ1) is 11.8. The Morgan fingerprint density at radius 2 is 1.69 bits per heavy atom. The Balaban J connectivity index is 3.86. The van der Waals surface area contributed by atoms with Crippen LogP contribution in [-0.4, -0.2) is 24.1 Å². The molecule has 0 saturated carbocycles. The Hall–Kier alpha value is -1.19. The van der Waals surface area contributed by atoms with E-state index in [9.17, 15) is 14.4 Å². The molecule has 74 valence electrons. The van der Waals surface area contributed by atoms with Gasteiger partial charge < -0.3 is 4.74 Å². The van der Waals surface area contributed by atoms with Crippen molar-refractivity contribution < 1.29 is 19.1 Å². The number of ketones is 2. The fourth-order valence-electron chi connectivity index (χ4n) is 0.808. The third-order valence-electron chi connectivity index (χ3n) is 1.40. The third kappa shape index (κ3) is 5.11. The summed E-state index contributed by atoms with van der Waals surface area (Å²) in [7, 11) is 0. The summed E-state index contributed by atoms with van der Waals surface area (Å²) in [6.07, 6.45) is 0.401. The monoisotopic (exact) mass is 186 g/mol. The van der Waals surface area contributed by atoms with Gasteiger partial charge in [-0.15, -0.1) is 0 Å². The maximum Gasteiger partial charge on any atom is 0.313 e. The van der Waals surface area contributed by atoms with E-state index in [1.807, 2.05) is 0 Å². The van der Waals surface area contributed by atoms with Gasteiger partial charge in [0.25, 0.3) is 0 Å². The molecular weight excluding hydrogens is 172 g/mol. The van der Waals surface area contributed by atoms with Crippen LogP contribution >= 0.6 is 0 Å². The lowest BCUT2D eigenvalue weighted by Crippen LogP contribution is -2.19. The van der Waals surface area contributed by atoms with E-state index in [1.165, 1.54) is 0 Å². The SMILES string of the molecule is CCCC(=O)C(=O)CC(=O)OCC. The summed E-state index contributed by atoms with van der Waals surface area (Å²) in [5.74, 6) is -1.77. The second kappa shape index (κ2) is 6.34. The molecule has 0 unspecified atom stereocenters. The number of Topliss-reactive ketones (excluding diaryl/α,β-unsaturated/α-hetero) is 2.